The third-order valence-corrected chi connectivity index (χ3v) is 12.1. The van der Waals surface area contributed by atoms with Gasteiger partial charge in [-0.2, -0.15) is 0 Å². The van der Waals surface area contributed by atoms with Crippen molar-refractivity contribution in [3.8, 4) is 0 Å². The molecule has 9 atom stereocenters. The topological polar surface area (TPSA) is 37.3 Å². The molecular weight excluding hydrogens is 476 g/mol. The predicted molar refractivity (Wildman–Crippen MR) is 168 cm³/mol. The number of carboxylic acids is 1. The van der Waals surface area contributed by atoms with E-state index >= 15 is 0 Å². The predicted octanol–water partition coefficient (Wildman–Crippen LogP) is 11.7. The highest BCUT2D eigenvalue weighted by molar-refractivity contribution is 5.66. The van der Waals surface area contributed by atoms with E-state index in [-0.39, 0.29) is 0 Å². The maximum atomic E-state index is 10.7. The van der Waals surface area contributed by atoms with Gasteiger partial charge in [0.2, 0.25) is 0 Å². The Morgan fingerprint density at radius 2 is 1.23 bits per heavy atom. The molecule has 0 bridgehead atoms. The van der Waals surface area contributed by atoms with E-state index < -0.39 is 5.97 Å². The summed E-state index contributed by atoms with van der Waals surface area (Å²) in [4.78, 5) is 10.7. The van der Waals surface area contributed by atoms with Crippen LogP contribution in [-0.2, 0) is 4.79 Å². The van der Waals surface area contributed by atoms with Crippen LogP contribution in [0.5, 0.6) is 0 Å². The molecule has 0 radical (unpaired) electrons. The fourth-order valence-electron chi connectivity index (χ4n) is 9.17. The zero-order chi connectivity index (χ0) is 28.0. The van der Waals surface area contributed by atoms with Crippen molar-refractivity contribution in [1.29, 1.82) is 0 Å². The lowest BCUT2D eigenvalue weighted by molar-refractivity contribution is -0.137. The van der Waals surface area contributed by atoms with Gasteiger partial charge in [-0.1, -0.05) is 118 Å². The fourth-order valence-corrected chi connectivity index (χ4v) is 9.17. The monoisotopic (exact) mass is 545 g/mol. The van der Waals surface area contributed by atoms with Crippen LogP contribution in [0.2, 0.25) is 0 Å². The molecule has 0 heterocycles. The summed E-state index contributed by atoms with van der Waals surface area (Å²) in [5.74, 6) is 8.21. The van der Waals surface area contributed by atoms with Crippen LogP contribution in [-0.4, -0.2) is 11.1 Å². The maximum absolute atomic E-state index is 10.7. The van der Waals surface area contributed by atoms with Crippen LogP contribution in [0.1, 0.15) is 175 Å². The summed E-state index contributed by atoms with van der Waals surface area (Å²) in [7, 11) is 0. The molecule has 2 nitrogen and oxygen atoms in total. The molecule has 0 aliphatic heterocycles. The summed E-state index contributed by atoms with van der Waals surface area (Å²) in [5.41, 5.74) is 0. The number of hydrogen-bond acceptors (Lipinski definition) is 1. The number of rotatable bonds is 20. The second-order valence-corrected chi connectivity index (χ2v) is 15.4. The van der Waals surface area contributed by atoms with Gasteiger partial charge >= 0.3 is 5.97 Å². The Morgan fingerprint density at radius 3 is 1.95 bits per heavy atom. The highest BCUT2D eigenvalue weighted by Gasteiger charge is 2.35. The molecule has 3 aliphatic carbocycles. The lowest BCUT2D eigenvalue weighted by Gasteiger charge is -2.22. The normalized spacial score (nSPS) is 31.5. The van der Waals surface area contributed by atoms with E-state index in [9.17, 15) is 4.79 Å². The summed E-state index contributed by atoms with van der Waals surface area (Å²) in [6, 6.07) is 0. The smallest absolute Gasteiger partial charge is 0.303 e. The Hall–Kier alpha value is -0.530. The number of unbranched alkanes of at least 4 members (excludes halogenated alkanes) is 5. The quantitative estimate of drug-likeness (QED) is 0.155. The summed E-state index contributed by atoms with van der Waals surface area (Å²) < 4.78 is 0. The lowest BCUT2D eigenvalue weighted by Crippen LogP contribution is -2.12. The molecule has 3 saturated carbocycles. The van der Waals surface area contributed by atoms with E-state index in [1.54, 1.807) is 12.8 Å². The second kappa shape index (κ2) is 18.1. The number of aliphatic carboxylic acids is 1. The molecule has 3 rings (SSSR count). The Bertz CT molecular complexity index is 658. The van der Waals surface area contributed by atoms with E-state index in [0.717, 1.165) is 66.1 Å². The molecule has 9 unspecified atom stereocenters. The van der Waals surface area contributed by atoms with Crippen LogP contribution in [0, 0.1) is 53.3 Å². The van der Waals surface area contributed by atoms with Gasteiger partial charge in [-0.25, -0.2) is 0 Å². The van der Waals surface area contributed by atoms with Crippen LogP contribution in [0.4, 0.5) is 0 Å². The zero-order valence-corrected chi connectivity index (χ0v) is 26.8. The zero-order valence-electron chi connectivity index (χ0n) is 26.8. The molecule has 39 heavy (non-hydrogen) atoms. The summed E-state index contributed by atoms with van der Waals surface area (Å²) in [5, 5.41) is 8.78. The van der Waals surface area contributed by atoms with Gasteiger partial charge < -0.3 is 5.11 Å². The Kier molecular flexibility index (Phi) is 15.3. The van der Waals surface area contributed by atoms with Gasteiger partial charge in [0, 0.05) is 6.42 Å². The molecule has 1 N–H and O–H groups in total. The third-order valence-electron chi connectivity index (χ3n) is 12.1. The molecule has 0 amide bonds. The molecule has 3 fully saturated rings. The summed E-state index contributed by atoms with van der Waals surface area (Å²) >= 11 is 0. The van der Waals surface area contributed by atoms with Crippen LogP contribution in [0.25, 0.3) is 0 Å². The lowest BCUT2D eigenvalue weighted by atomic mass is 9.84. The van der Waals surface area contributed by atoms with Crippen molar-refractivity contribution in [2.75, 3.05) is 0 Å². The van der Waals surface area contributed by atoms with Crippen molar-refractivity contribution in [2.24, 2.45) is 53.3 Å². The van der Waals surface area contributed by atoms with Crippen molar-refractivity contribution in [3.63, 3.8) is 0 Å². The van der Waals surface area contributed by atoms with Gasteiger partial charge in [-0.15, -0.1) is 0 Å². The second-order valence-electron chi connectivity index (χ2n) is 15.4. The van der Waals surface area contributed by atoms with E-state index in [1.165, 1.54) is 116 Å². The first kappa shape index (κ1) is 33.0. The molecular formula is C37H68O2. The van der Waals surface area contributed by atoms with E-state index in [0.29, 0.717) is 6.42 Å². The van der Waals surface area contributed by atoms with Crippen molar-refractivity contribution >= 4 is 5.97 Å². The van der Waals surface area contributed by atoms with Gasteiger partial charge in [-0.05, 0) is 105 Å². The standard InChI is InChI=1S/C37H68O2/c1-28(14-12-16-31(4)33-22-20-32(26-33)17-10-7-11-18-37(38)39)13-8-5-6-9-15-30(3)34-23-24-36(27-34)35-21-19-29(2)25-35/h28-36H,5-27H2,1-4H3,(H,38,39). The fraction of sp³-hybridized carbons (Fsp3) is 0.973. The molecule has 0 aromatic carbocycles. The van der Waals surface area contributed by atoms with E-state index in [4.69, 9.17) is 5.11 Å². The molecule has 228 valence electrons. The van der Waals surface area contributed by atoms with Crippen molar-refractivity contribution in [3.05, 3.63) is 0 Å². The van der Waals surface area contributed by atoms with Gasteiger partial charge in [0.15, 0.2) is 0 Å². The first-order valence-electron chi connectivity index (χ1n) is 18.0. The van der Waals surface area contributed by atoms with E-state index in [1.807, 2.05) is 0 Å². The minimum Gasteiger partial charge on any atom is -0.481 e. The van der Waals surface area contributed by atoms with Gasteiger partial charge in [0.05, 0.1) is 0 Å². The first-order valence-corrected chi connectivity index (χ1v) is 18.0. The van der Waals surface area contributed by atoms with Crippen molar-refractivity contribution in [1.82, 2.24) is 0 Å². The molecule has 0 saturated heterocycles. The summed E-state index contributed by atoms with van der Waals surface area (Å²) in [6.45, 7) is 10.1. The Balaban J connectivity index is 1.13. The molecule has 0 spiro atoms. The largest absolute Gasteiger partial charge is 0.481 e. The maximum Gasteiger partial charge on any atom is 0.303 e. The van der Waals surface area contributed by atoms with Crippen LogP contribution < -0.4 is 0 Å². The summed E-state index contributed by atoms with van der Waals surface area (Å²) in [6.07, 6.45) is 31.4. The van der Waals surface area contributed by atoms with Crippen LogP contribution in [0.15, 0.2) is 0 Å². The number of carboxylic acid groups (broad SMARTS) is 1. The molecule has 3 aliphatic rings. The Morgan fingerprint density at radius 1 is 0.641 bits per heavy atom. The van der Waals surface area contributed by atoms with Crippen molar-refractivity contribution < 1.29 is 9.90 Å². The van der Waals surface area contributed by atoms with Crippen molar-refractivity contribution in [2.45, 2.75) is 175 Å². The third kappa shape index (κ3) is 12.5. The average molecular weight is 545 g/mol. The van der Waals surface area contributed by atoms with Crippen LogP contribution in [0.3, 0.4) is 0 Å². The highest BCUT2D eigenvalue weighted by atomic mass is 16.4. The highest BCUT2D eigenvalue weighted by Crippen LogP contribution is 2.47. The SMILES string of the molecule is CC(CCCCCCC(C)C1CCC(C2CCC(C)C2)C1)CCCC(C)C1CCC(CCCCCC(=O)O)C1. The minimum atomic E-state index is -0.639. The number of hydrogen-bond donors (Lipinski definition) is 1. The van der Waals surface area contributed by atoms with E-state index in [2.05, 4.69) is 27.7 Å². The molecule has 0 aromatic rings. The van der Waals surface area contributed by atoms with Gasteiger partial charge in [-0.3, -0.25) is 4.79 Å². The van der Waals surface area contributed by atoms with Crippen LogP contribution >= 0.6 is 0 Å². The average Bonchev–Trinajstić information content (AvgIpc) is 3.66. The Labute approximate surface area is 244 Å². The molecule has 2 heteroatoms. The van der Waals surface area contributed by atoms with Gasteiger partial charge in [0.25, 0.3) is 0 Å². The first-order chi connectivity index (χ1) is 18.8. The number of carbonyl (C=O) groups is 1. The van der Waals surface area contributed by atoms with Gasteiger partial charge in [0.1, 0.15) is 0 Å². The molecule has 0 aromatic heterocycles. The minimum absolute atomic E-state index is 0.350.